The number of hydrogen-bond acceptors (Lipinski definition) is 3. The van der Waals surface area contributed by atoms with Crippen molar-refractivity contribution in [2.45, 2.75) is 66.2 Å². The zero-order valence-corrected chi connectivity index (χ0v) is 30.0. The molecule has 2 aliphatic heterocycles. The standard InChI is InChI=1S/C48H41N3S/c1-3-14-32(15-4-1)49(33-16-5-2-6-17-33)34-18-13-19-35(30-34)50-42-23-10-7-20-37(42)41-31-36(26-28-44(41)50)51-43-24-11-8-22-40(43)47-45(51)29-27-39-38-21-9-12-25-46(38)52-48(39)47/h1-7,9-10,12-21,23,25-30,36,39,41,44,48H,8,11,22,24,31H2. The highest BCUT2D eigenvalue weighted by molar-refractivity contribution is 8.00. The molecule has 52 heavy (non-hydrogen) atoms. The Morgan fingerprint density at radius 3 is 2.17 bits per heavy atom. The summed E-state index contributed by atoms with van der Waals surface area (Å²) in [5, 5.41) is 0.493. The van der Waals surface area contributed by atoms with Gasteiger partial charge in [0.2, 0.25) is 0 Å². The third-order valence-corrected chi connectivity index (χ3v) is 13.7. The zero-order valence-electron chi connectivity index (χ0n) is 29.2. The van der Waals surface area contributed by atoms with Gasteiger partial charge in [-0.05, 0) is 115 Å². The van der Waals surface area contributed by atoms with E-state index in [1.165, 1.54) is 58.8 Å². The van der Waals surface area contributed by atoms with Gasteiger partial charge < -0.3 is 14.4 Å². The predicted molar refractivity (Wildman–Crippen MR) is 217 cm³/mol. The Bertz CT molecular complexity index is 2330. The minimum atomic E-state index is 0.271. The maximum absolute atomic E-state index is 2.80. The Morgan fingerprint density at radius 2 is 1.35 bits per heavy atom. The zero-order chi connectivity index (χ0) is 34.2. The summed E-state index contributed by atoms with van der Waals surface area (Å²) in [6.45, 7) is 0. The molecule has 0 amide bonds. The minimum absolute atomic E-state index is 0.271. The molecule has 0 fully saturated rings. The average molecular weight is 692 g/mol. The minimum Gasteiger partial charge on any atom is -0.338 e. The normalized spacial score (nSPS) is 23.3. The molecule has 3 heterocycles. The van der Waals surface area contributed by atoms with Crippen LogP contribution in [0.15, 0.2) is 157 Å². The molecule has 5 unspecified atom stereocenters. The fourth-order valence-corrected chi connectivity index (χ4v) is 11.6. The maximum Gasteiger partial charge on any atom is 0.0593 e. The summed E-state index contributed by atoms with van der Waals surface area (Å²) in [6, 6.07) is 49.5. The van der Waals surface area contributed by atoms with Crippen LogP contribution in [0.4, 0.5) is 28.4 Å². The molecule has 254 valence electrons. The molecule has 0 bridgehead atoms. The van der Waals surface area contributed by atoms with Gasteiger partial charge in [0, 0.05) is 61.8 Å². The molecule has 0 saturated heterocycles. The van der Waals surface area contributed by atoms with Crippen LogP contribution >= 0.6 is 11.8 Å². The van der Waals surface area contributed by atoms with Crippen LogP contribution in [-0.2, 0) is 12.8 Å². The smallest absolute Gasteiger partial charge is 0.0593 e. The number of anilines is 5. The molecule has 0 N–H and O–H groups in total. The lowest BCUT2D eigenvalue weighted by Gasteiger charge is -2.35. The summed E-state index contributed by atoms with van der Waals surface area (Å²) < 4.78 is 2.80. The number of hydrogen-bond donors (Lipinski definition) is 0. The molecule has 6 aromatic rings. The lowest BCUT2D eigenvalue weighted by Crippen LogP contribution is -2.33. The first-order valence-electron chi connectivity index (χ1n) is 19.1. The molecule has 4 heteroatoms. The van der Waals surface area contributed by atoms with Crippen molar-refractivity contribution in [3.8, 4) is 0 Å². The summed E-state index contributed by atoms with van der Waals surface area (Å²) in [6.07, 6.45) is 16.3. The van der Waals surface area contributed by atoms with Gasteiger partial charge in [0.15, 0.2) is 0 Å². The van der Waals surface area contributed by atoms with E-state index in [1.54, 1.807) is 16.8 Å². The fraction of sp³-hybridized carbons (Fsp3) is 0.208. The summed E-state index contributed by atoms with van der Waals surface area (Å²) in [4.78, 5) is 6.45. The van der Waals surface area contributed by atoms with E-state index in [2.05, 4.69) is 184 Å². The first-order valence-corrected chi connectivity index (χ1v) is 20.0. The lowest BCUT2D eigenvalue weighted by molar-refractivity contribution is 0.438. The van der Waals surface area contributed by atoms with Gasteiger partial charge in [-0.1, -0.05) is 97.1 Å². The number of fused-ring (bicyclic) bond motifs is 10. The average Bonchev–Trinajstić information content (AvgIpc) is 3.86. The van der Waals surface area contributed by atoms with Crippen molar-refractivity contribution in [2.24, 2.45) is 0 Å². The second-order valence-corrected chi connectivity index (χ2v) is 16.2. The Labute approximate surface area is 310 Å². The molecule has 3 nitrogen and oxygen atoms in total. The van der Waals surface area contributed by atoms with Crippen molar-refractivity contribution >= 4 is 46.3 Å². The van der Waals surface area contributed by atoms with Gasteiger partial charge >= 0.3 is 0 Å². The molecule has 11 rings (SSSR count). The largest absolute Gasteiger partial charge is 0.338 e. The van der Waals surface area contributed by atoms with E-state index in [0.717, 1.165) is 23.5 Å². The molecule has 3 aliphatic carbocycles. The molecular formula is C48H41N3S. The van der Waals surface area contributed by atoms with Crippen LogP contribution in [0.1, 0.15) is 76.0 Å². The summed E-state index contributed by atoms with van der Waals surface area (Å²) >= 11 is 2.11. The molecule has 0 radical (unpaired) electrons. The third-order valence-electron chi connectivity index (χ3n) is 12.3. The second kappa shape index (κ2) is 12.2. The van der Waals surface area contributed by atoms with E-state index in [0.29, 0.717) is 23.1 Å². The van der Waals surface area contributed by atoms with E-state index >= 15 is 0 Å². The van der Waals surface area contributed by atoms with Crippen LogP contribution in [0, 0.1) is 0 Å². The molecule has 1 aromatic heterocycles. The monoisotopic (exact) mass is 691 g/mol. The number of thioether (sulfide) groups is 1. The number of allylic oxidation sites excluding steroid dienone is 2. The van der Waals surface area contributed by atoms with E-state index in [1.807, 2.05) is 0 Å². The molecule has 0 saturated carbocycles. The predicted octanol–water partition coefficient (Wildman–Crippen LogP) is 12.6. The van der Waals surface area contributed by atoms with Crippen LogP contribution in [0.3, 0.4) is 0 Å². The Kier molecular flexibility index (Phi) is 7.14. The van der Waals surface area contributed by atoms with Crippen molar-refractivity contribution in [2.75, 3.05) is 9.80 Å². The SMILES string of the molecule is C1=CC2c3ccccc3SC2c2c3c(n(C4C=CC5C(C4)c4ccccc4N5c4cccc(N(c5ccccc5)c5ccccc5)c4)c21)CCCC3. The topological polar surface area (TPSA) is 11.4 Å². The van der Waals surface area contributed by atoms with Gasteiger partial charge in [-0.15, -0.1) is 11.8 Å². The summed E-state index contributed by atoms with van der Waals surface area (Å²) in [5.41, 5.74) is 15.5. The first kappa shape index (κ1) is 30.4. The van der Waals surface area contributed by atoms with Gasteiger partial charge in [-0.2, -0.15) is 0 Å². The Balaban J connectivity index is 0.986. The van der Waals surface area contributed by atoms with Crippen LogP contribution in [0.2, 0.25) is 0 Å². The number of benzene rings is 5. The van der Waals surface area contributed by atoms with Crippen molar-refractivity contribution < 1.29 is 0 Å². The maximum atomic E-state index is 2.80. The Hall–Kier alpha value is -5.19. The molecule has 0 spiro atoms. The number of para-hydroxylation sites is 3. The van der Waals surface area contributed by atoms with Crippen molar-refractivity contribution in [1.82, 2.24) is 4.57 Å². The second-order valence-electron chi connectivity index (χ2n) is 15.0. The molecular weight excluding hydrogens is 651 g/mol. The first-order chi connectivity index (χ1) is 25.8. The molecule has 5 atom stereocenters. The molecule has 5 aromatic carbocycles. The van der Waals surface area contributed by atoms with Gasteiger partial charge in [-0.25, -0.2) is 0 Å². The highest BCUT2D eigenvalue weighted by Crippen LogP contribution is 2.60. The highest BCUT2D eigenvalue weighted by Gasteiger charge is 2.44. The van der Waals surface area contributed by atoms with Crippen molar-refractivity contribution in [3.63, 3.8) is 0 Å². The van der Waals surface area contributed by atoms with Gasteiger partial charge in [0.05, 0.1) is 12.1 Å². The summed E-state index contributed by atoms with van der Waals surface area (Å²) in [5.74, 6) is 0.893. The van der Waals surface area contributed by atoms with E-state index < -0.39 is 0 Å². The number of nitrogens with zero attached hydrogens (tertiary/aromatic N) is 3. The van der Waals surface area contributed by atoms with E-state index in [4.69, 9.17) is 0 Å². The quantitative estimate of drug-likeness (QED) is 0.167. The van der Waals surface area contributed by atoms with Crippen LogP contribution in [-0.4, -0.2) is 10.6 Å². The highest BCUT2D eigenvalue weighted by atomic mass is 32.2. The van der Waals surface area contributed by atoms with Crippen LogP contribution in [0.25, 0.3) is 6.08 Å². The van der Waals surface area contributed by atoms with Gasteiger partial charge in [0.25, 0.3) is 0 Å². The number of rotatable bonds is 5. The van der Waals surface area contributed by atoms with Gasteiger partial charge in [0.1, 0.15) is 0 Å². The van der Waals surface area contributed by atoms with E-state index in [9.17, 15) is 0 Å². The van der Waals surface area contributed by atoms with Crippen molar-refractivity contribution in [3.05, 3.63) is 185 Å². The number of aromatic nitrogens is 1. The van der Waals surface area contributed by atoms with Crippen LogP contribution < -0.4 is 9.80 Å². The molecule has 5 aliphatic rings. The lowest BCUT2D eigenvalue weighted by atomic mass is 9.83. The van der Waals surface area contributed by atoms with Crippen molar-refractivity contribution in [1.29, 1.82) is 0 Å². The Morgan fingerprint density at radius 1 is 0.635 bits per heavy atom. The third kappa shape index (κ3) is 4.66. The van der Waals surface area contributed by atoms with Crippen LogP contribution in [0.5, 0.6) is 0 Å². The van der Waals surface area contributed by atoms with E-state index in [-0.39, 0.29) is 6.04 Å². The van der Waals surface area contributed by atoms with Gasteiger partial charge in [-0.3, -0.25) is 0 Å². The summed E-state index contributed by atoms with van der Waals surface area (Å²) in [7, 11) is 0. The fourth-order valence-electron chi connectivity index (χ4n) is 10.1.